The molecule has 106 valence electrons. The predicted octanol–water partition coefficient (Wildman–Crippen LogP) is 5.74. The van der Waals surface area contributed by atoms with Crippen molar-refractivity contribution < 1.29 is 0 Å². The summed E-state index contributed by atoms with van der Waals surface area (Å²) in [6.45, 7) is 16.6. The molecule has 0 aliphatic carbocycles. The molecule has 0 aromatic carbocycles. The Hall–Kier alpha value is -1.05. The summed E-state index contributed by atoms with van der Waals surface area (Å²) in [5.74, 6) is 5.34. The molecule has 0 saturated heterocycles. The van der Waals surface area contributed by atoms with E-state index >= 15 is 0 Å². The van der Waals surface area contributed by atoms with E-state index in [1.54, 1.807) is 0 Å². The van der Waals surface area contributed by atoms with E-state index in [2.05, 4.69) is 70.8 Å². The van der Waals surface area contributed by atoms with Crippen molar-refractivity contribution in [2.75, 3.05) is 0 Å². The van der Waals surface area contributed by atoms with Crippen molar-refractivity contribution in [1.29, 1.82) is 0 Å². The summed E-state index contributed by atoms with van der Waals surface area (Å²) in [6.07, 6.45) is 16.5. The molecule has 0 spiro atoms. The Kier molecular flexibility index (Phi) is 8.46. The van der Waals surface area contributed by atoms with Crippen molar-refractivity contribution in [1.82, 2.24) is 0 Å². The summed E-state index contributed by atoms with van der Waals surface area (Å²) in [6, 6.07) is 0. The zero-order chi connectivity index (χ0) is 14.9. The Balaban J connectivity index is 6.11. The SMILES string of the molecule is C#CC(C=C)[PH](/C=C/C)(/C(C)=C/C)C(C=C)CCC. The Morgan fingerprint density at radius 2 is 1.95 bits per heavy atom. The standard InChI is InChI=1S/C18H29P/c1-8-14-18(13-6)19(15-9-2,16(7)10-3)17(11-4)12-5/h4,9-10,12-13,15,17-19H,5-6,8,14H2,1-3,7H3/b15-9+,16-10+. The first-order chi connectivity index (χ1) is 9.08. The van der Waals surface area contributed by atoms with Crippen molar-refractivity contribution in [3.05, 3.63) is 48.6 Å². The monoisotopic (exact) mass is 276 g/mol. The fraction of sp³-hybridized carbons (Fsp3) is 0.444. The normalized spacial score (nSPS) is 16.7. The predicted molar refractivity (Wildman–Crippen MR) is 94.3 cm³/mol. The molecular formula is C18H29P. The molecule has 2 unspecified atom stereocenters. The fourth-order valence-electron chi connectivity index (χ4n) is 2.92. The van der Waals surface area contributed by atoms with Crippen molar-refractivity contribution in [2.24, 2.45) is 0 Å². The second-order valence-corrected chi connectivity index (χ2v) is 9.27. The van der Waals surface area contributed by atoms with Crippen LogP contribution in [0.1, 0.15) is 40.5 Å². The number of allylic oxidation sites excluding steroid dienone is 5. The van der Waals surface area contributed by atoms with Crippen LogP contribution in [-0.2, 0) is 0 Å². The molecule has 0 radical (unpaired) electrons. The molecule has 0 aromatic heterocycles. The van der Waals surface area contributed by atoms with Crippen LogP contribution >= 0.6 is 7.26 Å². The molecule has 0 aliphatic rings. The van der Waals surface area contributed by atoms with Crippen LogP contribution < -0.4 is 0 Å². The zero-order valence-electron chi connectivity index (χ0n) is 12.9. The number of hydrogen-bond acceptors (Lipinski definition) is 0. The van der Waals surface area contributed by atoms with E-state index in [0.29, 0.717) is 5.66 Å². The van der Waals surface area contributed by atoms with Crippen molar-refractivity contribution in [2.45, 2.75) is 51.9 Å². The van der Waals surface area contributed by atoms with E-state index in [9.17, 15) is 0 Å². The van der Waals surface area contributed by atoms with Gasteiger partial charge in [-0.15, -0.1) is 0 Å². The van der Waals surface area contributed by atoms with Crippen LogP contribution in [0, 0.1) is 12.3 Å². The minimum atomic E-state index is -1.97. The van der Waals surface area contributed by atoms with Gasteiger partial charge >= 0.3 is 120 Å². The van der Waals surface area contributed by atoms with Gasteiger partial charge in [-0.3, -0.25) is 0 Å². The molecule has 0 aromatic rings. The molecule has 0 fully saturated rings. The van der Waals surface area contributed by atoms with Gasteiger partial charge in [0.15, 0.2) is 0 Å². The Bertz CT molecular complexity index is 394. The Labute approximate surface area is 120 Å². The molecule has 0 N–H and O–H groups in total. The van der Waals surface area contributed by atoms with Gasteiger partial charge in [-0.2, -0.15) is 0 Å². The maximum atomic E-state index is 5.80. The van der Waals surface area contributed by atoms with Crippen LogP contribution in [0.15, 0.2) is 48.6 Å². The van der Waals surface area contributed by atoms with Gasteiger partial charge in [-0.05, 0) is 0 Å². The van der Waals surface area contributed by atoms with E-state index in [-0.39, 0.29) is 5.66 Å². The van der Waals surface area contributed by atoms with Crippen LogP contribution in [0.4, 0.5) is 0 Å². The number of hydrogen-bond donors (Lipinski definition) is 0. The number of rotatable bonds is 8. The molecule has 2 atom stereocenters. The third-order valence-electron chi connectivity index (χ3n) is 3.99. The van der Waals surface area contributed by atoms with Crippen molar-refractivity contribution >= 4 is 7.26 Å². The zero-order valence-corrected chi connectivity index (χ0v) is 13.9. The molecule has 0 bridgehead atoms. The first-order valence-corrected chi connectivity index (χ1v) is 9.30. The molecular weight excluding hydrogens is 247 g/mol. The first kappa shape index (κ1) is 17.9. The molecule has 0 aliphatic heterocycles. The summed E-state index contributed by atoms with van der Waals surface area (Å²) < 4.78 is 0. The van der Waals surface area contributed by atoms with Gasteiger partial charge in [0.05, 0.1) is 0 Å². The Morgan fingerprint density at radius 3 is 2.26 bits per heavy atom. The number of terminal acetylenes is 1. The van der Waals surface area contributed by atoms with E-state index in [4.69, 9.17) is 6.42 Å². The molecule has 0 nitrogen and oxygen atoms in total. The molecule has 0 amide bonds. The quantitative estimate of drug-likeness (QED) is 0.301. The second-order valence-electron chi connectivity index (χ2n) is 4.92. The van der Waals surface area contributed by atoms with Crippen LogP contribution in [0.25, 0.3) is 0 Å². The van der Waals surface area contributed by atoms with Crippen LogP contribution in [0.5, 0.6) is 0 Å². The molecule has 0 saturated carbocycles. The van der Waals surface area contributed by atoms with Gasteiger partial charge < -0.3 is 0 Å². The van der Waals surface area contributed by atoms with Crippen LogP contribution in [-0.4, -0.2) is 11.3 Å². The van der Waals surface area contributed by atoms with Crippen molar-refractivity contribution in [3.8, 4) is 12.3 Å². The topological polar surface area (TPSA) is 0 Å². The summed E-state index contributed by atoms with van der Waals surface area (Å²) >= 11 is 0. The summed E-state index contributed by atoms with van der Waals surface area (Å²) in [5.41, 5.74) is 0.582. The summed E-state index contributed by atoms with van der Waals surface area (Å²) in [4.78, 5) is 0. The van der Waals surface area contributed by atoms with Crippen LogP contribution in [0.3, 0.4) is 0 Å². The van der Waals surface area contributed by atoms with E-state index in [1.165, 1.54) is 5.31 Å². The van der Waals surface area contributed by atoms with E-state index in [1.807, 2.05) is 6.08 Å². The summed E-state index contributed by atoms with van der Waals surface area (Å²) in [7, 11) is -1.97. The van der Waals surface area contributed by atoms with Crippen molar-refractivity contribution in [3.63, 3.8) is 0 Å². The van der Waals surface area contributed by atoms with E-state index < -0.39 is 7.26 Å². The first-order valence-electron chi connectivity index (χ1n) is 7.07. The third kappa shape index (κ3) is 3.71. The van der Waals surface area contributed by atoms with Gasteiger partial charge in [-0.25, -0.2) is 0 Å². The summed E-state index contributed by atoms with van der Waals surface area (Å²) in [5, 5.41) is 1.42. The molecule has 1 heteroatoms. The fourth-order valence-corrected chi connectivity index (χ4v) is 8.04. The van der Waals surface area contributed by atoms with Gasteiger partial charge in [0.2, 0.25) is 0 Å². The average Bonchev–Trinajstić information content (AvgIpc) is 2.44. The average molecular weight is 276 g/mol. The minimum absolute atomic E-state index is 0.120. The van der Waals surface area contributed by atoms with Gasteiger partial charge in [0, 0.05) is 0 Å². The van der Waals surface area contributed by atoms with E-state index in [0.717, 1.165) is 12.8 Å². The molecule has 19 heavy (non-hydrogen) atoms. The maximum absolute atomic E-state index is 5.80. The molecule has 0 rings (SSSR count). The van der Waals surface area contributed by atoms with Crippen LogP contribution in [0.2, 0.25) is 0 Å². The second kappa shape index (κ2) is 8.95. The molecule has 0 heterocycles. The third-order valence-corrected chi connectivity index (χ3v) is 9.71. The van der Waals surface area contributed by atoms with Gasteiger partial charge in [0.1, 0.15) is 0 Å². The Morgan fingerprint density at radius 1 is 1.32 bits per heavy atom. The van der Waals surface area contributed by atoms with Gasteiger partial charge in [0.25, 0.3) is 0 Å². The van der Waals surface area contributed by atoms with Gasteiger partial charge in [-0.1, -0.05) is 0 Å².